The number of halogens is 2. The summed E-state index contributed by atoms with van der Waals surface area (Å²) in [6.07, 6.45) is 0. The first kappa shape index (κ1) is 8.14. The van der Waals surface area contributed by atoms with Crippen LogP contribution in [0.25, 0.3) is 0 Å². The first-order chi connectivity index (χ1) is 5.11. The molecule has 60 valence electrons. The molecule has 11 heavy (non-hydrogen) atoms. The molecule has 3 N–H and O–H groups in total. The van der Waals surface area contributed by atoms with Crippen LogP contribution in [-0.2, 0) is 0 Å². The smallest absolute Gasteiger partial charge is 0.135 e. The van der Waals surface area contributed by atoms with Crippen LogP contribution in [0.2, 0.25) is 0 Å². The molecule has 0 spiro atoms. The molecule has 0 heterocycles. The molecule has 0 radical (unpaired) electrons. The second-order valence-corrected chi connectivity index (χ2v) is 2.57. The maximum atomic E-state index is 12.8. The fourth-order valence-electron chi connectivity index (χ4n) is 0.901. The zero-order valence-corrected chi connectivity index (χ0v) is 6.27. The van der Waals surface area contributed by atoms with Crippen LogP contribution in [0.4, 0.5) is 8.78 Å². The molecular weight excluding hydrogens is 148 g/mol. The van der Waals surface area contributed by atoms with E-state index in [1.807, 2.05) is 0 Å². The van der Waals surface area contributed by atoms with Crippen molar-refractivity contribution in [3.05, 3.63) is 35.4 Å². The van der Waals surface area contributed by atoms with Gasteiger partial charge in [0.1, 0.15) is 17.7 Å². The first-order valence-electron chi connectivity index (χ1n) is 3.39. The molecule has 1 aromatic carbocycles. The van der Waals surface area contributed by atoms with E-state index in [1.54, 1.807) is 6.92 Å². The van der Waals surface area contributed by atoms with Gasteiger partial charge in [-0.1, -0.05) is 0 Å². The second-order valence-electron chi connectivity index (χ2n) is 2.57. The average Bonchev–Trinajstić information content (AvgIpc) is 1.85. The Balaban J connectivity index is 3.09. The molecule has 0 saturated heterocycles. The summed E-state index contributed by atoms with van der Waals surface area (Å²) >= 11 is 0. The summed E-state index contributed by atoms with van der Waals surface area (Å²) in [6.45, 7) is 1.76. The molecule has 0 aliphatic rings. The van der Waals surface area contributed by atoms with Gasteiger partial charge in [-0.2, -0.15) is 0 Å². The van der Waals surface area contributed by atoms with Crippen molar-refractivity contribution in [2.75, 3.05) is 0 Å². The zero-order chi connectivity index (χ0) is 8.43. The molecule has 1 aromatic rings. The first-order valence-corrected chi connectivity index (χ1v) is 3.39. The Morgan fingerprint density at radius 2 is 2.00 bits per heavy atom. The van der Waals surface area contributed by atoms with Gasteiger partial charge in [0.25, 0.3) is 0 Å². The third kappa shape index (κ3) is 1.74. The standard InChI is InChI=1S/C8H9F2N/c1-5(11)7-3-2-6(9)4-8(7)10/h2-5H,11H2,1H3/p+1. The van der Waals surface area contributed by atoms with E-state index in [4.69, 9.17) is 0 Å². The lowest BCUT2D eigenvalue weighted by Crippen LogP contribution is -2.52. The van der Waals surface area contributed by atoms with E-state index in [-0.39, 0.29) is 6.04 Å². The highest BCUT2D eigenvalue weighted by Crippen LogP contribution is 2.13. The molecule has 0 aliphatic heterocycles. The van der Waals surface area contributed by atoms with Crippen molar-refractivity contribution in [2.45, 2.75) is 13.0 Å². The predicted molar refractivity (Wildman–Crippen MR) is 37.7 cm³/mol. The van der Waals surface area contributed by atoms with Gasteiger partial charge in [0.05, 0.1) is 0 Å². The lowest BCUT2D eigenvalue weighted by molar-refractivity contribution is -0.420. The summed E-state index contributed by atoms with van der Waals surface area (Å²) in [4.78, 5) is 0. The zero-order valence-electron chi connectivity index (χ0n) is 6.27. The molecule has 1 nitrogen and oxygen atoms in total. The minimum atomic E-state index is -0.549. The van der Waals surface area contributed by atoms with Crippen molar-refractivity contribution in [3.63, 3.8) is 0 Å². The third-order valence-corrected chi connectivity index (χ3v) is 1.49. The third-order valence-electron chi connectivity index (χ3n) is 1.49. The second kappa shape index (κ2) is 2.96. The number of rotatable bonds is 1. The maximum Gasteiger partial charge on any atom is 0.135 e. The highest BCUT2D eigenvalue weighted by atomic mass is 19.1. The van der Waals surface area contributed by atoms with Gasteiger partial charge in [0, 0.05) is 11.6 Å². The van der Waals surface area contributed by atoms with Gasteiger partial charge in [-0.15, -0.1) is 0 Å². The van der Waals surface area contributed by atoms with Crippen LogP contribution in [0.1, 0.15) is 18.5 Å². The van der Waals surface area contributed by atoms with E-state index in [0.717, 1.165) is 6.07 Å². The topological polar surface area (TPSA) is 27.6 Å². The van der Waals surface area contributed by atoms with E-state index >= 15 is 0 Å². The van der Waals surface area contributed by atoms with Crippen LogP contribution >= 0.6 is 0 Å². The SMILES string of the molecule is CC([NH3+])c1ccc(F)cc1F. The van der Waals surface area contributed by atoms with Crippen molar-refractivity contribution in [1.29, 1.82) is 0 Å². The van der Waals surface area contributed by atoms with Gasteiger partial charge < -0.3 is 5.73 Å². The molecule has 0 saturated carbocycles. The van der Waals surface area contributed by atoms with Crippen molar-refractivity contribution in [1.82, 2.24) is 0 Å². The van der Waals surface area contributed by atoms with Crippen molar-refractivity contribution in [2.24, 2.45) is 0 Å². The molecule has 1 unspecified atom stereocenters. The summed E-state index contributed by atoms with van der Waals surface area (Å²) in [5.41, 5.74) is 4.09. The fraction of sp³-hybridized carbons (Fsp3) is 0.250. The van der Waals surface area contributed by atoms with Gasteiger partial charge in [-0.05, 0) is 19.1 Å². The van der Waals surface area contributed by atoms with Crippen LogP contribution in [0.3, 0.4) is 0 Å². The van der Waals surface area contributed by atoms with Crippen LogP contribution < -0.4 is 5.73 Å². The van der Waals surface area contributed by atoms with Crippen LogP contribution in [0, 0.1) is 11.6 Å². The van der Waals surface area contributed by atoms with Crippen LogP contribution in [-0.4, -0.2) is 0 Å². The summed E-state index contributed by atoms with van der Waals surface area (Å²) in [5.74, 6) is -1.07. The molecule has 0 fully saturated rings. The van der Waals surface area contributed by atoms with Gasteiger partial charge in [-0.3, -0.25) is 0 Å². The summed E-state index contributed by atoms with van der Waals surface area (Å²) < 4.78 is 25.2. The van der Waals surface area contributed by atoms with Gasteiger partial charge in [0.2, 0.25) is 0 Å². The quantitative estimate of drug-likeness (QED) is 0.637. The Morgan fingerprint density at radius 3 is 2.45 bits per heavy atom. The van der Waals surface area contributed by atoms with E-state index in [9.17, 15) is 8.78 Å². The molecule has 0 aliphatic carbocycles. The normalized spacial score (nSPS) is 13.1. The van der Waals surface area contributed by atoms with Crippen molar-refractivity contribution < 1.29 is 14.5 Å². The van der Waals surface area contributed by atoms with E-state index in [1.165, 1.54) is 12.1 Å². The fourth-order valence-corrected chi connectivity index (χ4v) is 0.901. The minimum Gasteiger partial charge on any atom is -0.352 e. The van der Waals surface area contributed by atoms with Gasteiger partial charge in [0.15, 0.2) is 0 Å². The molecule has 1 atom stereocenters. The lowest BCUT2D eigenvalue weighted by atomic mass is 10.1. The van der Waals surface area contributed by atoms with E-state index in [0.29, 0.717) is 5.56 Å². The molecule has 3 heteroatoms. The van der Waals surface area contributed by atoms with E-state index < -0.39 is 11.6 Å². The van der Waals surface area contributed by atoms with Gasteiger partial charge in [-0.25, -0.2) is 8.78 Å². The van der Waals surface area contributed by atoms with Crippen LogP contribution in [0.15, 0.2) is 18.2 Å². The summed E-state index contributed by atoms with van der Waals surface area (Å²) in [6, 6.07) is 3.38. The summed E-state index contributed by atoms with van der Waals surface area (Å²) in [5, 5.41) is 0. The Morgan fingerprint density at radius 1 is 1.36 bits per heavy atom. The molecular formula is C8H10F2N+. The number of quaternary nitrogens is 1. The number of hydrogen-bond donors (Lipinski definition) is 1. The Bertz CT molecular complexity index is 258. The number of hydrogen-bond acceptors (Lipinski definition) is 0. The highest BCUT2D eigenvalue weighted by Gasteiger charge is 2.09. The molecule has 1 rings (SSSR count). The average molecular weight is 158 g/mol. The summed E-state index contributed by atoms with van der Waals surface area (Å²) in [7, 11) is 0. The Labute approximate surface area is 63.8 Å². The van der Waals surface area contributed by atoms with Crippen molar-refractivity contribution in [3.8, 4) is 0 Å². The molecule has 0 bridgehead atoms. The molecule has 0 amide bonds. The number of benzene rings is 1. The monoisotopic (exact) mass is 158 g/mol. The highest BCUT2D eigenvalue weighted by molar-refractivity contribution is 5.19. The molecule has 0 aromatic heterocycles. The van der Waals surface area contributed by atoms with Crippen molar-refractivity contribution >= 4 is 0 Å². The predicted octanol–water partition coefficient (Wildman–Crippen LogP) is 1.27. The Kier molecular flexibility index (Phi) is 2.19. The maximum absolute atomic E-state index is 12.8. The Hall–Kier alpha value is -0.960. The van der Waals surface area contributed by atoms with Crippen LogP contribution in [0.5, 0.6) is 0 Å². The lowest BCUT2D eigenvalue weighted by Gasteiger charge is -2.02. The minimum absolute atomic E-state index is 0.143. The van der Waals surface area contributed by atoms with Gasteiger partial charge >= 0.3 is 0 Å². The van der Waals surface area contributed by atoms with E-state index in [2.05, 4.69) is 5.73 Å². The largest absolute Gasteiger partial charge is 0.352 e.